The van der Waals surface area contributed by atoms with Crippen molar-refractivity contribution >= 4 is 63.6 Å². The normalized spacial score (nSPS) is 13.5. The molecule has 0 fully saturated rings. The fourth-order valence-electron chi connectivity index (χ4n) is 6.78. The van der Waals surface area contributed by atoms with Crippen molar-refractivity contribution in [3.8, 4) is 11.5 Å². The zero-order chi connectivity index (χ0) is 42.0. The Hall–Kier alpha value is -7.51. The molecule has 0 saturated heterocycles. The molecule has 1 aliphatic heterocycles. The number of carbonyl (C=O) groups is 5. The third-order valence-corrected chi connectivity index (χ3v) is 9.42. The summed E-state index contributed by atoms with van der Waals surface area (Å²) < 4.78 is 22.9. The van der Waals surface area contributed by atoms with Crippen LogP contribution in [0.2, 0.25) is 0 Å². The van der Waals surface area contributed by atoms with Crippen LogP contribution in [0.15, 0.2) is 46.9 Å². The minimum atomic E-state index is -0.962. The van der Waals surface area contributed by atoms with Crippen molar-refractivity contribution in [3.63, 3.8) is 0 Å². The highest BCUT2D eigenvalue weighted by atomic mass is 16.5. The molecule has 0 radical (unpaired) electrons. The van der Waals surface area contributed by atoms with Crippen LogP contribution in [0.1, 0.15) is 85.2 Å². The summed E-state index contributed by atoms with van der Waals surface area (Å²) in [6.07, 6.45) is 4.54. The predicted molar refractivity (Wildman–Crippen MR) is 212 cm³/mol. The summed E-state index contributed by atoms with van der Waals surface area (Å²) in [6, 6.07) is 7.62. The van der Waals surface area contributed by atoms with Crippen LogP contribution < -0.4 is 31.6 Å². The second-order valence-electron chi connectivity index (χ2n) is 13.7. The molecule has 7 rings (SSSR count). The molecular formula is C39H41N11O9. The number of nitrogens with zero attached hydrogens (tertiary/aromatic N) is 7. The number of hydrogen-bond donors (Lipinski definition) is 5. The summed E-state index contributed by atoms with van der Waals surface area (Å²) in [7, 11) is 0. The first-order valence-electron chi connectivity index (χ1n) is 18.7. The zero-order valence-electron chi connectivity index (χ0n) is 32.4. The number of aryl methyl sites for hydroxylation is 4. The number of amides is 4. The van der Waals surface area contributed by atoms with Crippen LogP contribution in [0, 0.1) is 13.8 Å². The van der Waals surface area contributed by atoms with Gasteiger partial charge in [0.05, 0.1) is 35.6 Å². The van der Waals surface area contributed by atoms with Crippen molar-refractivity contribution < 1.29 is 43.0 Å². The smallest absolute Gasteiger partial charge is 0.303 e. The molecule has 306 valence electrons. The number of aromatic nitrogens is 7. The first-order chi connectivity index (χ1) is 28.3. The number of hydrogen-bond acceptors (Lipinski definition) is 12. The Morgan fingerprint density at radius 3 is 1.88 bits per heavy atom. The number of allylic oxidation sites excluding steroid dienone is 2. The highest BCUT2D eigenvalue weighted by Crippen LogP contribution is 2.34. The van der Waals surface area contributed by atoms with E-state index in [9.17, 15) is 24.0 Å². The van der Waals surface area contributed by atoms with E-state index in [2.05, 4.69) is 30.7 Å². The van der Waals surface area contributed by atoms with Crippen molar-refractivity contribution in [3.05, 3.63) is 82.3 Å². The van der Waals surface area contributed by atoms with E-state index in [0.29, 0.717) is 52.2 Å². The third-order valence-electron chi connectivity index (χ3n) is 9.42. The van der Waals surface area contributed by atoms with E-state index in [1.165, 1.54) is 28.9 Å². The number of carbonyl (C=O) groups excluding carboxylic acids is 4. The molecule has 2 aromatic carbocycles. The molecule has 0 bridgehead atoms. The molecule has 0 atom stereocenters. The molecule has 7 N–H and O–H groups in total. The van der Waals surface area contributed by atoms with E-state index >= 15 is 0 Å². The molecule has 20 nitrogen and oxygen atoms in total. The molecule has 6 aromatic rings. The number of benzene rings is 2. The minimum Gasteiger partial charge on any atom is -0.491 e. The van der Waals surface area contributed by atoms with Crippen LogP contribution in [0.4, 0.5) is 11.9 Å². The Morgan fingerprint density at radius 2 is 1.36 bits per heavy atom. The van der Waals surface area contributed by atoms with Crippen molar-refractivity contribution in [1.82, 2.24) is 33.9 Å². The molecule has 20 heteroatoms. The number of carboxylic acid groups (broad SMARTS) is 1. The van der Waals surface area contributed by atoms with E-state index in [1.54, 1.807) is 41.2 Å². The number of aliphatic carboxylic acids is 1. The van der Waals surface area contributed by atoms with Gasteiger partial charge in [-0.15, -0.1) is 0 Å². The molecule has 59 heavy (non-hydrogen) atoms. The Morgan fingerprint density at radius 1 is 0.797 bits per heavy atom. The predicted octanol–water partition coefficient (Wildman–Crippen LogP) is 3.73. The van der Waals surface area contributed by atoms with E-state index in [1.807, 2.05) is 6.92 Å². The van der Waals surface area contributed by atoms with Gasteiger partial charge in [0, 0.05) is 50.5 Å². The van der Waals surface area contributed by atoms with Crippen LogP contribution >= 0.6 is 0 Å². The fourth-order valence-corrected chi connectivity index (χ4v) is 6.78. The maximum absolute atomic E-state index is 13.8. The number of rotatable bonds is 11. The van der Waals surface area contributed by atoms with Gasteiger partial charge in [-0.1, -0.05) is 19.1 Å². The number of nitrogens with two attached hydrogens (primary N) is 2. The molecular weight excluding hydrogens is 766 g/mol. The molecule has 5 heterocycles. The lowest BCUT2D eigenvalue weighted by Crippen LogP contribution is -2.20. The molecule has 0 spiro atoms. The third kappa shape index (κ3) is 8.31. The second kappa shape index (κ2) is 16.5. The average molecular weight is 808 g/mol. The van der Waals surface area contributed by atoms with E-state index in [0.717, 1.165) is 0 Å². The number of anilines is 2. The maximum atomic E-state index is 13.8. The average Bonchev–Trinajstić information content (AvgIpc) is 3.94. The lowest BCUT2D eigenvalue weighted by molar-refractivity contribution is -0.137. The number of primary amides is 2. The summed E-state index contributed by atoms with van der Waals surface area (Å²) >= 11 is 0. The van der Waals surface area contributed by atoms with Gasteiger partial charge in [0.25, 0.3) is 11.8 Å². The monoisotopic (exact) mass is 807 g/mol. The summed E-state index contributed by atoms with van der Waals surface area (Å²) in [5, 5.41) is 19.2. The standard InChI is InChI=1S/C39H41N11O9/c1-4-24-33(59-21(3)42-24)37(56)46-39-44-26-17-23(35(41)54)19-29-32(26)49(39)11-6-5-10-48-31-25(16-22(34(40)53)18-28(31)57-13-8-14-58-29)43-38(48)45-36(55)27-15-20(2)47-50(27)12-7-9-30(51)52/h5-6,15-19H,4,7-14H2,1-3H3,(H2,40,53)(H2,41,54)(H,51,52)(H,43,45,55)(H,44,46,56)/b6-5+. The Labute approximate surface area is 335 Å². The zero-order valence-corrected chi connectivity index (χ0v) is 32.4. The van der Waals surface area contributed by atoms with Gasteiger partial charge >= 0.3 is 5.97 Å². The highest BCUT2D eigenvalue weighted by Gasteiger charge is 2.25. The summed E-state index contributed by atoms with van der Waals surface area (Å²) in [5.74, 6) is -2.33. The molecule has 0 aliphatic carbocycles. The van der Waals surface area contributed by atoms with Crippen LogP contribution in [-0.4, -0.2) is 81.8 Å². The largest absolute Gasteiger partial charge is 0.491 e. The van der Waals surface area contributed by atoms with Gasteiger partial charge in [0.1, 0.15) is 28.2 Å². The molecule has 0 unspecified atom stereocenters. The van der Waals surface area contributed by atoms with Gasteiger partial charge in [0.2, 0.25) is 29.5 Å². The van der Waals surface area contributed by atoms with E-state index in [4.69, 9.17) is 30.5 Å². The van der Waals surface area contributed by atoms with Gasteiger partial charge in [-0.2, -0.15) is 5.10 Å². The van der Waals surface area contributed by atoms with Crippen LogP contribution in [0.3, 0.4) is 0 Å². The van der Waals surface area contributed by atoms with Gasteiger partial charge in [0.15, 0.2) is 5.89 Å². The molecule has 0 saturated carbocycles. The lowest BCUT2D eigenvalue weighted by atomic mass is 10.1. The lowest BCUT2D eigenvalue weighted by Gasteiger charge is -2.13. The van der Waals surface area contributed by atoms with Crippen LogP contribution in [0.5, 0.6) is 11.5 Å². The Kier molecular flexibility index (Phi) is 11.1. The molecule has 4 aromatic heterocycles. The number of oxazole rings is 1. The van der Waals surface area contributed by atoms with Crippen molar-refractivity contribution in [2.24, 2.45) is 11.5 Å². The number of ether oxygens (including phenoxy) is 2. The molecule has 4 amide bonds. The summed E-state index contributed by atoms with van der Waals surface area (Å²) in [6.45, 7) is 5.88. The quantitative estimate of drug-likeness (QED) is 0.117. The number of nitrogens with one attached hydrogen (secondary N) is 2. The van der Waals surface area contributed by atoms with Gasteiger partial charge in [-0.3, -0.25) is 39.3 Å². The topological polar surface area (TPSA) is 280 Å². The second-order valence-corrected chi connectivity index (χ2v) is 13.7. The summed E-state index contributed by atoms with van der Waals surface area (Å²) in [5.41, 5.74) is 14.4. The van der Waals surface area contributed by atoms with E-state index in [-0.39, 0.29) is 91.7 Å². The summed E-state index contributed by atoms with van der Waals surface area (Å²) in [4.78, 5) is 77.0. The first-order valence-corrected chi connectivity index (χ1v) is 18.7. The van der Waals surface area contributed by atoms with Crippen LogP contribution in [0.25, 0.3) is 22.1 Å². The Bertz CT molecular complexity index is 2680. The van der Waals surface area contributed by atoms with Gasteiger partial charge in [-0.05, 0) is 50.1 Å². The maximum Gasteiger partial charge on any atom is 0.303 e. The van der Waals surface area contributed by atoms with Crippen molar-refractivity contribution in [2.75, 3.05) is 23.8 Å². The minimum absolute atomic E-state index is 0.0437. The Balaban J connectivity index is 1.29. The van der Waals surface area contributed by atoms with Crippen molar-refractivity contribution in [2.45, 2.75) is 66.1 Å². The van der Waals surface area contributed by atoms with E-state index < -0.39 is 29.6 Å². The number of imidazole rings is 2. The SMILES string of the molecule is CCc1nc(C)oc1C(=O)Nc1nc2cc(C(N)=O)cc3c2n1C/C=C/Cn1c(NC(=O)c2cc(C)nn2CCCC(=O)O)nc2cc(C(N)=O)cc(c21)OCCCO3. The molecule has 1 aliphatic rings. The fraction of sp³-hybridized carbons (Fsp3) is 0.308. The van der Waals surface area contributed by atoms with Gasteiger partial charge in [-0.25, -0.2) is 15.0 Å². The highest BCUT2D eigenvalue weighted by molar-refractivity contribution is 6.05. The van der Waals surface area contributed by atoms with Gasteiger partial charge < -0.3 is 39.6 Å². The first kappa shape index (κ1) is 39.7. The van der Waals surface area contributed by atoms with Crippen LogP contribution in [-0.2, 0) is 30.8 Å². The number of carboxylic acids is 1. The van der Waals surface area contributed by atoms with Crippen molar-refractivity contribution in [1.29, 1.82) is 0 Å².